The van der Waals surface area contributed by atoms with Crippen molar-refractivity contribution < 1.29 is 22.1 Å². The molecule has 1 heterocycles. The molecule has 0 amide bonds. The molecule has 2 aromatic rings. The quantitative estimate of drug-likeness (QED) is 0.702. The summed E-state index contributed by atoms with van der Waals surface area (Å²) in [6.45, 7) is 0. The average molecular weight is 230 g/mol. The predicted molar refractivity (Wildman–Crippen MR) is 45.7 cm³/mol. The monoisotopic (exact) mass is 230 g/mol. The van der Waals surface area contributed by atoms with E-state index >= 15 is 0 Å². The van der Waals surface area contributed by atoms with Crippen molar-refractivity contribution in [3.63, 3.8) is 0 Å². The number of hydrogen-bond acceptors (Lipinski definition) is 2. The van der Waals surface area contributed by atoms with Crippen molar-refractivity contribution in [1.82, 2.24) is 5.16 Å². The minimum absolute atomic E-state index is 0.174. The zero-order valence-electron chi connectivity index (χ0n) is 7.68. The van der Waals surface area contributed by atoms with Crippen LogP contribution in [0.1, 0.15) is 5.76 Å². The lowest BCUT2D eigenvalue weighted by Gasteiger charge is -1.97. The molecule has 0 spiro atoms. The highest BCUT2D eigenvalue weighted by molar-refractivity contribution is 5.58. The van der Waals surface area contributed by atoms with Gasteiger partial charge < -0.3 is 4.52 Å². The number of rotatable bonds is 1. The third-order valence-corrected chi connectivity index (χ3v) is 1.82. The maximum absolute atomic E-state index is 12.8. The Balaban J connectivity index is 2.39. The van der Waals surface area contributed by atoms with Crippen molar-refractivity contribution in [1.29, 1.82) is 0 Å². The molecule has 0 aliphatic heterocycles. The van der Waals surface area contributed by atoms with Crippen LogP contribution in [0, 0.1) is 11.9 Å². The number of aromatic nitrogens is 1. The summed E-state index contributed by atoms with van der Waals surface area (Å²) in [7, 11) is 0. The molecule has 0 atom stereocenters. The summed E-state index contributed by atoms with van der Waals surface area (Å²) in [6, 6.07) is 6.93. The SMILES string of the molecule is Fc1cccc(-c2[c]c(C(F)(F)F)on2)c1. The van der Waals surface area contributed by atoms with Crippen LogP contribution in [-0.4, -0.2) is 5.16 Å². The van der Waals surface area contributed by atoms with Gasteiger partial charge in [0, 0.05) is 5.56 Å². The fraction of sp³-hybridized carbons (Fsp3) is 0.100. The average Bonchev–Trinajstić information content (AvgIpc) is 2.65. The minimum atomic E-state index is -4.64. The topological polar surface area (TPSA) is 26.0 Å². The summed E-state index contributed by atoms with van der Waals surface area (Å²) >= 11 is 0. The number of nitrogens with zero attached hydrogens (tertiary/aromatic N) is 1. The van der Waals surface area contributed by atoms with E-state index in [2.05, 4.69) is 9.68 Å². The Morgan fingerprint density at radius 2 is 2.00 bits per heavy atom. The summed E-state index contributed by atoms with van der Waals surface area (Å²) in [5.41, 5.74) is 0.00563. The standard InChI is InChI=1S/C10H4F4NO/c11-7-3-1-2-6(4-7)8-5-9(16-15-8)10(12,13)14/h1-4H. The number of hydrogen-bond donors (Lipinski definition) is 0. The van der Waals surface area contributed by atoms with Crippen molar-refractivity contribution in [3.8, 4) is 11.3 Å². The predicted octanol–water partition coefficient (Wildman–Crippen LogP) is 3.30. The van der Waals surface area contributed by atoms with E-state index in [9.17, 15) is 17.6 Å². The summed E-state index contributed by atoms with van der Waals surface area (Å²) < 4.78 is 53.3. The Labute approximate surface area is 87.5 Å². The second-order valence-electron chi connectivity index (χ2n) is 2.99. The van der Waals surface area contributed by atoms with Crippen LogP contribution < -0.4 is 0 Å². The van der Waals surface area contributed by atoms with Gasteiger partial charge in [-0.05, 0) is 12.1 Å². The first-order chi connectivity index (χ1) is 7.47. The molecule has 16 heavy (non-hydrogen) atoms. The molecule has 0 unspecified atom stereocenters. The molecule has 0 saturated carbocycles. The van der Waals surface area contributed by atoms with Gasteiger partial charge in [-0.3, -0.25) is 0 Å². The molecule has 0 aliphatic carbocycles. The van der Waals surface area contributed by atoms with Crippen LogP contribution in [0.15, 0.2) is 28.8 Å². The Bertz CT molecular complexity index is 504. The summed E-state index contributed by atoms with van der Waals surface area (Å²) in [5.74, 6) is -1.89. The van der Waals surface area contributed by atoms with E-state index in [4.69, 9.17) is 0 Å². The minimum Gasteiger partial charge on any atom is -0.350 e. The first-order valence-electron chi connectivity index (χ1n) is 4.19. The van der Waals surface area contributed by atoms with Gasteiger partial charge in [0.15, 0.2) is 0 Å². The van der Waals surface area contributed by atoms with Crippen molar-refractivity contribution in [2.75, 3.05) is 0 Å². The van der Waals surface area contributed by atoms with Gasteiger partial charge in [0.1, 0.15) is 11.5 Å². The third kappa shape index (κ3) is 2.05. The molecule has 0 aliphatic rings. The smallest absolute Gasteiger partial charge is 0.350 e. The maximum atomic E-state index is 12.8. The van der Waals surface area contributed by atoms with Crippen LogP contribution in [-0.2, 0) is 6.18 Å². The molecule has 1 radical (unpaired) electrons. The molecule has 0 bridgehead atoms. The van der Waals surface area contributed by atoms with E-state index in [0.717, 1.165) is 6.07 Å². The fourth-order valence-corrected chi connectivity index (χ4v) is 1.13. The number of halogens is 4. The number of alkyl halides is 3. The first kappa shape index (κ1) is 10.7. The Kier molecular flexibility index (Phi) is 2.41. The Morgan fingerprint density at radius 3 is 2.56 bits per heavy atom. The molecular formula is C10H4F4NO. The van der Waals surface area contributed by atoms with E-state index < -0.39 is 17.8 Å². The van der Waals surface area contributed by atoms with Gasteiger partial charge in [-0.2, -0.15) is 13.2 Å². The number of benzene rings is 1. The molecule has 0 fully saturated rings. The van der Waals surface area contributed by atoms with Crippen molar-refractivity contribution in [3.05, 3.63) is 41.9 Å². The molecule has 1 aromatic carbocycles. The van der Waals surface area contributed by atoms with Gasteiger partial charge in [-0.25, -0.2) is 4.39 Å². The van der Waals surface area contributed by atoms with Crippen LogP contribution in [0.5, 0.6) is 0 Å². The lowest BCUT2D eigenvalue weighted by Crippen LogP contribution is -2.02. The molecule has 2 nitrogen and oxygen atoms in total. The van der Waals surface area contributed by atoms with E-state index in [1.165, 1.54) is 18.2 Å². The first-order valence-corrected chi connectivity index (χ1v) is 4.19. The highest BCUT2D eigenvalue weighted by atomic mass is 19.4. The maximum Gasteiger partial charge on any atom is 0.453 e. The van der Waals surface area contributed by atoms with E-state index in [1.807, 2.05) is 6.07 Å². The van der Waals surface area contributed by atoms with Crippen molar-refractivity contribution >= 4 is 0 Å². The molecule has 1 aromatic heterocycles. The summed E-state index contributed by atoms with van der Waals surface area (Å²) in [6.07, 6.45) is -4.64. The lowest BCUT2D eigenvalue weighted by atomic mass is 10.1. The molecule has 6 heteroatoms. The van der Waals surface area contributed by atoms with E-state index in [1.54, 1.807) is 0 Å². The summed E-state index contributed by atoms with van der Waals surface area (Å²) in [4.78, 5) is 0. The normalized spacial score (nSPS) is 11.8. The van der Waals surface area contributed by atoms with Crippen LogP contribution >= 0.6 is 0 Å². The molecule has 0 saturated heterocycles. The van der Waals surface area contributed by atoms with E-state index in [0.29, 0.717) is 0 Å². The molecular weight excluding hydrogens is 226 g/mol. The highest BCUT2D eigenvalue weighted by Crippen LogP contribution is 2.31. The van der Waals surface area contributed by atoms with Gasteiger partial charge in [-0.1, -0.05) is 17.3 Å². The van der Waals surface area contributed by atoms with Crippen LogP contribution in [0.3, 0.4) is 0 Å². The molecule has 2 rings (SSSR count). The Hall–Kier alpha value is -1.85. The van der Waals surface area contributed by atoms with Crippen LogP contribution in [0.4, 0.5) is 17.6 Å². The van der Waals surface area contributed by atoms with Gasteiger partial charge in [-0.15, -0.1) is 0 Å². The zero-order valence-corrected chi connectivity index (χ0v) is 7.68. The second kappa shape index (κ2) is 3.62. The van der Waals surface area contributed by atoms with Crippen LogP contribution in [0.2, 0.25) is 0 Å². The zero-order chi connectivity index (χ0) is 11.8. The summed E-state index contributed by atoms with van der Waals surface area (Å²) in [5, 5.41) is 3.18. The largest absolute Gasteiger partial charge is 0.453 e. The van der Waals surface area contributed by atoms with Crippen LogP contribution in [0.25, 0.3) is 11.3 Å². The van der Waals surface area contributed by atoms with Crippen molar-refractivity contribution in [2.45, 2.75) is 6.18 Å². The fourth-order valence-electron chi connectivity index (χ4n) is 1.13. The third-order valence-electron chi connectivity index (χ3n) is 1.82. The molecule has 83 valence electrons. The van der Waals surface area contributed by atoms with Gasteiger partial charge in [0.2, 0.25) is 5.76 Å². The van der Waals surface area contributed by atoms with Crippen molar-refractivity contribution in [2.24, 2.45) is 0 Å². The highest BCUT2D eigenvalue weighted by Gasteiger charge is 2.36. The lowest BCUT2D eigenvalue weighted by molar-refractivity contribution is -0.155. The van der Waals surface area contributed by atoms with Gasteiger partial charge in [0.05, 0.1) is 6.07 Å². The van der Waals surface area contributed by atoms with E-state index in [-0.39, 0.29) is 11.3 Å². The van der Waals surface area contributed by atoms with Gasteiger partial charge in [0.25, 0.3) is 0 Å². The second-order valence-corrected chi connectivity index (χ2v) is 2.99. The molecule has 0 N–H and O–H groups in total. The van der Waals surface area contributed by atoms with Gasteiger partial charge >= 0.3 is 6.18 Å². The Morgan fingerprint density at radius 1 is 1.25 bits per heavy atom.